The zero-order valence-corrected chi connectivity index (χ0v) is 15.7. The topological polar surface area (TPSA) is 52.6 Å². The van der Waals surface area contributed by atoms with Crippen molar-refractivity contribution in [2.75, 3.05) is 6.61 Å². The average Bonchev–Trinajstić information content (AvgIpc) is 2.59. The molecule has 25 heavy (non-hydrogen) atoms. The van der Waals surface area contributed by atoms with Gasteiger partial charge in [0.25, 0.3) is 0 Å². The molecule has 0 radical (unpaired) electrons. The van der Waals surface area contributed by atoms with E-state index in [1.54, 1.807) is 0 Å². The van der Waals surface area contributed by atoms with Gasteiger partial charge in [0.15, 0.2) is 0 Å². The first-order chi connectivity index (χ1) is 11.6. The second-order valence-corrected chi connectivity index (χ2v) is 7.45. The third kappa shape index (κ3) is 14.9. The predicted octanol–water partition coefficient (Wildman–Crippen LogP) is 4.74. The molecular formula is C19H33NaO4S. The van der Waals surface area contributed by atoms with Crippen LogP contribution in [-0.4, -0.2) is 44.6 Å². The van der Waals surface area contributed by atoms with Crippen LogP contribution < -0.4 is 0 Å². The van der Waals surface area contributed by atoms with Crippen molar-refractivity contribution in [1.29, 1.82) is 0 Å². The molecule has 0 fully saturated rings. The van der Waals surface area contributed by atoms with E-state index < -0.39 is 10.4 Å². The van der Waals surface area contributed by atoms with E-state index in [-0.39, 0.29) is 42.8 Å². The van der Waals surface area contributed by atoms with E-state index >= 15 is 0 Å². The molecule has 0 aliphatic heterocycles. The molecule has 0 aliphatic rings. The van der Waals surface area contributed by atoms with Crippen LogP contribution in [0.5, 0.6) is 0 Å². The van der Waals surface area contributed by atoms with Crippen LogP contribution in [0.1, 0.15) is 76.7 Å². The van der Waals surface area contributed by atoms with Crippen LogP contribution >= 0.6 is 0 Å². The van der Waals surface area contributed by atoms with E-state index in [0.29, 0.717) is 0 Å². The minimum atomic E-state index is -3.89. The van der Waals surface area contributed by atoms with Gasteiger partial charge in [-0.2, -0.15) is 8.42 Å². The van der Waals surface area contributed by atoms with Gasteiger partial charge in [-0.3, -0.25) is 0 Å². The van der Waals surface area contributed by atoms with E-state index in [2.05, 4.69) is 6.92 Å². The second-order valence-electron chi connectivity index (χ2n) is 6.16. The Labute approximate surface area is 176 Å². The fourth-order valence-corrected chi connectivity index (χ4v) is 3.17. The number of hydrogen-bond donors (Lipinski definition) is 0. The summed E-state index contributed by atoms with van der Waals surface area (Å²) in [6, 6.07) is 9.20. The zero-order chi connectivity index (χ0) is 17.5. The molecule has 1 rings (SSSR count). The maximum absolute atomic E-state index is 11.6. The van der Waals surface area contributed by atoms with Crippen LogP contribution in [0.3, 0.4) is 0 Å². The van der Waals surface area contributed by atoms with Gasteiger partial charge in [0.05, 0.1) is 13.2 Å². The molecule has 140 valence electrons. The van der Waals surface area contributed by atoms with E-state index in [0.717, 1.165) is 24.8 Å². The first-order valence-corrected chi connectivity index (χ1v) is 10.5. The van der Waals surface area contributed by atoms with Gasteiger partial charge >= 0.3 is 40.0 Å². The molecule has 0 atom stereocenters. The Morgan fingerprint density at radius 3 is 1.84 bits per heavy atom. The summed E-state index contributed by atoms with van der Waals surface area (Å²) in [5.74, 6) is 0. The van der Waals surface area contributed by atoms with Gasteiger partial charge in [0.2, 0.25) is 0 Å². The van der Waals surface area contributed by atoms with Crippen LogP contribution in [-0.2, 0) is 25.4 Å². The minimum absolute atomic E-state index is 0. The Morgan fingerprint density at radius 2 is 1.28 bits per heavy atom. The first-order valence-electron chi connectivity index (χ1n) is 9.22. The quantitative estimate of drug-likeness (QED) is 0.326. The first kappa shape index (κ1) is 25.1. The molecule has 0 heterocycles. The number of benzene rings is 1. The summed E-state index contributed by atoms with van der Waals surface area (Å²) in [6.07, 6.45) is 12.1. The average molecular weight is 381 g/mol. The van der Waals surface area contributed by atoms with Crippen LogP contribution in [0.15, 0.2) is 30.3 Å². The molecule has 0 unspecified atom stereocenters. The predicted molar refractivity (Wildman–Crippen MR) is 105 cm³/mol. The normalized spacial score (nSPS) is 11.2. The summed E-state index contributed by atoms with van der Waals surface area (Å²) in [4.78, 5) is 0. The summed E-state index contributed by atoms with van der Waals surface area (Å²) in [7, 11) is -3.89. The SMILES string of the molecule is CCCCCCCCCCCCOS(=O)(=O)OCc1ccccc1.[NaH]. The molecule has 0 bridgehead atoms. The molecule has 0 amide bonds. The number of rotatable bonds is 15. The fourth-order valence-electron chi connectivity index (χ4n) is 2.50. The van der Waals surface area contributed by atoms with Crippen molar-refractivity contribution in [2.24, 2.45) is 0 Å². The Kier molecular flexibility index (Phi) is 16.3. The van der Waals surface area contributed by atoms with Crippen molar-refractivity contribution in [2.45, 2.75) is 77.7 Å². The Hall–Kier alpha value is 0.0900. The van der Waals surface area contributed by atoms with E-state index in [1.165, 1.54) is 44.9 Å². The molecule has 4 nitrogen and oxygen atoms in total. The van der Waals surface area contributed by atoms with Gasteiger partial charge in [-0.25, -0.2) is 8.37 Å². The number of hydrogen-bond acceptors (Lipinski definition) is 4. The molecule has 0 aromatic heterocycles. The van der Waals surface area contributed by atoms with E-state index in [4.69, 9.17) is 8.37 Å². The van der Waals surface area contributed by atoms with Crippen molar-refractivity contribution in [3.05, 3.63) is 35.9 Å². The third-order valence-corrected chi connectivity index (χ3v) is 4.80. The summed E-state index contributed by atoms with van der Waals surface area (Å²) in [6.45, 7) is 2.45. The molecule has 0 N–H and O–H groups in total. The van der Waals surface area contributed by atoms with Gasteiger partial charge in [-0.05, 0) is 12.0 Å². The summed E-state index contributed by atoms with van der Waals surface area (Å²) in [5.41, 5.74) is 0.809. The van der Waals surface area contributed by atoms with Crippen molar-refractivity contribution in [1.82, 2.24) is 0 Å². The van der Waals surface area contributed by atoms with Gasteiger partial charge in [-0.15, -0.1) is 0 Å². The second kappa shape index (κ2) is 16.3. The summed E-state index contributed by atoms with van der Waals surface area (Å²) in [5, 5.41) is 0. The van der Waals surface area contributed by atoms with Crippen LogP contribution in [0.2, 0.25) is 0 Å². The zero-order valence-electron chi connectivity index (χ0n) is 14.9. The maximum atomic E-state index is 11.6. The molecule has 0 saturated heterocycles. The molecular weight excluding hydrogens is 347 g/mol. The van der Waals surface area contributed by atoms with Crippen LogP contribution in [0.25, 0.3) is 0 Å². The summed E-state index contributed by atoms with van der Waals surface area (Å²) >= 11 is 0. The Morgan fingerprint density at radius 1 is 0.760 bits per heavy atom. The van der Waals surface area contributed by atoms with Gasteiger partial charge in [0.1, 0.15) is 0 Å². The molecule has 1 aromatic rings. The fraction of sp³-hybridized carbons (Fsp3) is 0.684. The molecule has 0 aliphatic carbocycles. The van der Waals surface area contributed by atoms with Crippen molar-refractivity contribution in [3.63, 3.8) is 0 Å². The van der Waals surface area contributed by atoms with Gasteiger partial charge < -0.3 is 0 Å². The molecule has 0 spiro atoms. The van der Waals surface area contributed by atoms with Gasteiger partial charge in [0, 0.05) is 0 Å². The standard InChI is InChI=1S/C19H32O4S.Na.H/c1-2-3-4-5-6-7-8-9-10-14-17-22-24(20,21)23-18-19-15-12-11-13-16-19;;/h11-13,15-16H,2-10,14,17-18H2,1H3;;. The summed E-state index contributed by atoms with van der Waals surface area (Å²) < 4.78 is 33.0. The van der Waals surface area contributed by atoms with E-state index in [1.807, 2.05) is 30.3 Å². The Bertz CT molecular complexity index is 505. The molecule has 6 heteroatoms. The van der Waals surface area contributed by atoms with Crippen LogP contribution in [0.4, 0.5) is 0 Å². The Balaban J connectivity index is 0.00000576. The number of unbranched alkanes of at least 4 members (excludes halogenated alkanes) is 9. The monoisotopic (exact) mass is 380 g/mol. The van der Waals surface area contributed by atoms with Gasteiger partial charge in [-0.1, -0.05) is 95.0 Å². The van der Waals surface area contributed by atoms with Crippen molar-refractivity contribution >= 4 is 40.0 Å². The third-order valence-electron chi connectivity index (χ3n) is 3.94. The van der Waals surface area contributed by atoms with Crippen molar-refractivity contribution < 1.29 is 16.8 Å². The van der Waals surface area contributed by atoms with Crippen molar-refractivity contribution in [3.8, 4) is 0 Å². The van der Waals surface area contributed by atoms with E-state index in [9.17, 15) is 8.42 Å². The molecule has 0 saturated carbocycles. The van der Waals surface area contributed by atoms with Crippen LogP contribution in [0, 0.1) is 0 Å². The molecule has 1 aromatic carbocycles.